The van der Waals surface area contributed by atoms with Crippen LogP contribution < -0.4 is 14.2 Å². The van der Waals surface area contributed by atoms with Gasteiger partial charge in [0, 0.05) is 18.7 Å². The maximum atomic E-state index is 13.3. The average Bonchev–Trinajstić information content (AvgIpc) is 3.26. The first-order chi connectivity index (χ1) is 16.4. The van der Waals surface area contributed by atoms with Crippen LogP contribution in [0.5, 0.6) is 11.5 Å². The Kier molecular flexibility index (Phi) is 6.59. The molecule has 1 saturated heterocycles. The molecule has 3 aromatic rings. The van der Waals surface area contributed by atoms with Crippen molar-refractivity contribution in [2.45, 2.75) is 18.1 Å². The fraction of sp³-hybridized carbons (Fsp3) is 0.318. The number of para-hydroxylation sites is 1. The Bertz CT molecular complexity index is 1260. The van der Waals surface area contributed by atoms with Crippen LogP contribution in [0.2, 0.25) is 0 Å². The third-order valence-electron chi connectivity index (χ3n) is 5.64. The molecular formula is C22H25N5O6S. The van der Waals surface area contributed by atoms with Crippen LogP contribution in [0.15, 0.2) is 48.5 Å². The summed E-state index contributed by atoms with van der Waals surface area (Å²) in [7, 11) is -1.01. The van der Waals surface area contributed by atoms with E-state index >= 15 is 0 Å². The zero-order valence-electron chi connectivity index (χ0n) is 18.7. The van der Waals surface area contributed by atoms with E-state index in [0.29, 0.717) is 48.0 Å². The van der Waals surface area contributed by atoms with Crippen LogP contribution in [0.4, 0.5) is 10.7 Å². The molecule has 2 heterocycles. The summed E-state index contributed by atoms with van der Waals surface area (Å²) in [5.41, 5.74) is 1.12. The number of methoxy groups -OCH3 is 2. The molecule has 1 unspecified atom stereocenters. The van der Waals surface area contributed by atoms with Gasteiger partial charge in [0.2, 0.25) is 16.0 Å². The number of ether oxygens (including phenoxy) is 2. The van der Waals surface area contributed by atoms with Crippen LogP contribution in [-0.4, -0.2) is 71.8 Å². The molecule has 1 aromatic heterocycles. The van der Waals surface area contributed by atoms with Crippen LogP contribution in [0.25, 0.3) is 17.1 Å². The number of nitrogens with zero attached hydrogens (tertiary/aromatic N) is 4. The summed E-state index contributed by atoms with van der Waals surface area (Å²) in [6, 6.07) is 14.4. The van der Waals surface area contributed by atoms with Crippen LogP contribution in [0.3, 0.4) is 0 Å². The van der Waals surface area contributed by atoms with Crippen LogP contribution >= 0.6 is 0 Å². The Morgan fingerprint density at radius 1 is 1.06 bits per heavy atom. The number of sulfonamides is 1. The summed E-state index contributed by atoms with van der Waals surface area (Å²) in [6.45, 7) is 0.177. The van der Waals surface area contributed by atoms with Crippen LogP contribution in [0, 0.1) is 0 Å². The van der Waals surface area contributed by atoms with E-state index in [1.807, 2.05) is 30.3 Å². The third kappa shape index (κ3) is 4.49. The van der Waals surface area contributed by atoms with Crippen molar-refractivity contribution in [3.05, 3.63) is 48.5 Å². The number of piperidine rings is 1. The number of nitrogens with one attached hydrogen (secondary N) is 1. The minimum Gasteiger partial charge on any atom is -0.494 e. The van der Waals surface area contributed by atoms with Crippen molar-refractivity contribution in [1.29, 1.82) is 0 Å². The number of anilines is 1. The van der Waals surface area contributed by atoms with Crippen molar-refractivity contribution < 1.29 is 27.8 Å². The second-order valence-corrected chi connectivity index (χ2v) is 9.66. The Morgan fingerprint density at radius 2 is 1.74 bits per heavy atom. The van der Waals surface area contributed by atoms with Gasteiger partial charge < -0.3 is 19.5 Å². The molecule has 12 heteroatoms. The molecule has 0 spiro atoms. The van der Waals surface area contributed by atoms with Crippen molar-refractivity contribution in [2.75, 3.05) is 32.0 Å². The number of carboxylic acid groups (broad SMARTS) is 1. The SMILES string of the molecule is COc1cccc(OC)c1-n1c(NS(=O)(=O)C2CCCN(C(=O)O)C2)nnc1-c1ccccc1. The molecule has 11 nitrogen and oxygen atoms in total. The van der Waals surface area contributed by atoms with Crippen molar-refractivity contribution in [3.8, 4) is 28.6 Å². The van der Waals surface area contributed by atoms with Gasteiger partial charge in [0.15, 0.2) is 5.82 Å². The number of likely N-dealkylation sites (tertiary alicyclic amines) is 1. The first-order valence-electron chi connectivity index (χ1n) is 10.6. The molecule has 2 N–H and O–H groups in total. The topological polar surface area (TPSA) is 136 Å². The molecule has 0 aliphatic carbocycles. The normalized spacial score (nSPS) is 16.2. The number of hydrogen-bond acceptors (Lipinski definition) is 7. The summed E-state index contributed by atoms with van der Waals surface area (Å²) in [5, 5.41) is 16.8. The third-order valence-corrected chi connectivity index (χ3v) is 7.37. The number of aromatic nitrogens is 3. The maximum Gasteiger partial charge on any atom is 0.407 e. The number of carbonyl (C=O) groups is 1. The summed E-state index contributed by atoms with van der Waals surface area (Å²) in [5.74, 6) is 1.16. The molecule has 1 amide bonds. The van der Waals surface area contributed by atoms with Gasteiger partial charge in [-0.2, -0.15) is 0 Å². The summed E-state index contributed by atoms with van der Waals surface area (Å²) in [6.07, 6.45) is -0.370. The molecular weight excluding hydrogens is 462 g/mol. The molecule has 34 heavy (non-hydrogen) atoms. The second-order valence-electron chi connectivity index (χ2n) is 7.70. The Morgan fingerprint density at radius 3 is 2.35 bits per heavy atom. The zero-order chi connectivity index (χ0) is 24.3. The first-order valence-corrected chi connectivity index (χ1v) is 12.1. The molecule has 1 atom stereocenters. The van der Waals surface area contributed by atoms with Gasteiger partial charge in [-0.05, 0) is 25.0 Å². The lowest BCUT2D eigenvalue weighted by Crippen LogP contribution is -2.46. The van der Waals surface area contributed by atoms with Crippen molar-refractivity contribution in [3.63, 3.8) is 0 Å². The summed E-state index contributed by atoms with van der Waals surface area (Å²) in [4.78, 5) is 12.5. The van der Waals surface area contributed by atoms with Gasteiger partial charge >= 0.3 is 6.09 Å². The molecule has 1 aliphatic heterocycles. The maximum absolute atomic E-state index is 13.3. The van der Waals surface area contributed by atoms with Gasteiger partial charge in [0.25, 0.3) is 0 Å². The van der Waals surface area contributed by atoms with Crippen LogP contribution in [0.1, 0.15) is 12.8 Å². The predicted octanol–water partition coefficient (Wildman–Crippen LogP) is 2.84. The Hall–Kier alpha value is -3.80. The second kappa shape index (κ2) is 9.59. The molecule has 180 valence electrons. The quantitative estimate of drug-likeness (QED) is 0.519. The lowest BCUT2D eigenvalue weighted by Gasteiger charge is -2.30. The highest BCUT2D eigenvalue weighted by molar-refractivity contribution is 7.93. The van der Waals surface area contributed by atoms with Crippen molar-refractivity contribution in [1.82, 2.24) is 19.7 Å². The minimum absolute atomic E-state index is 0.0610. The van der Waals surface area contributed by atoms with Gasteiger partial charge in [-0.1, -0.05) is 36.4 Å². The highest BCUT2D eigenvalue weighted by Crippen LogP contribution is 2.37. The lowest BCUT2D eigenvalue weighted by molar-refractivity contribution is 0.136. The van der Waals surface area contributed by atoms with Gasteiger partial charge in [0.1, 0.15) is 17.2 Å². The summed E-state index contributed by atoms with van der Waals surface area (Å²) >= 11 is 0. The van der Waals surface area contributed by atoms with E-state index < -0.39 is 21.4 Å². The molecule has 1 fully saturated rings. The fourth-order valence-electron chi connectivity index (χ4n) is 3.96. The Labute approximate surface area is 197 Å². The minimum atomic E-state index is -4.00. The molecule has 0 radical (unpaired) electrons. The number of rotatable bonds is 7. The van der Waals surface area contributed by atoms with Gasteiger partial charge in [-0.15, -0.1) is 10.2 Å². The molecule has 4 rings (SSSR count). The molecule has 0 saturated carbocycles. The van der Waals surface area contributed by atoms with Gasteiger partial charge in [-0.25, -0.2) is 13.2 Å². The lowest BCUT2D eigenvalue weighted by atomic mass is 10.1. The van der Waals surface area contributed by atoms with E-state index in [1.165, 1.54) is 18.8 Å². The number of hydrogen-bond donors (Lipinski definition) is 2. The number of amides is 1. The summed E-state index contributed by atoms with van der Waals surface area (Å²) < 4.78 is 41.7. The molecule has 0 bridgehead atoms. The highest BCUT2D eigenvalue weighted by atomic mass is 32.2. The van der Waals surface area contributed by atoms with Crippen molar-refractivity contribution >= 4 is 22.1 Å². The Balaban J connectivity index is 1.83. The van der Waals surface area contributed by atoms with E-state index in [9.17, 15) is 18.3 Å². The van der Waals surface area contributed by atoms with E-state index in [0.717, 1.165) is 4.90 Å². The monoisotopic (exact) mass is 487 g/mol. The highest BCUT2D eigenvalue weighted by Gasteiger charge is 2.34. The number of benzene rings is 2. The zero-order valence-corrected chi connectivity index (χ0v) is 19.5. The predicted molar refractivity (Wildman–Crippen MR) is 125 cm³/mol. The van der Waals surface area contributed by atoms with E-state index in [2.05, 4.69) is 14.9 Å². The van der Waals surface area contributed by atoms with E-state index in [1.54, 1.807) is 18.2 Å². The van der Waals surface area contributed by atoms with Gasteiger partial charge in [0.05, 0.1) is 19.5 Å². The molecule has 1 aliphatic rings. The van der Waals surface area contributed by atoms with E-state index in [4.69, 9.17) is 9.47 Å². The van der Waals surface area contributed by atoms with E-state index in [-0.39, 0.29) is 12.5 Å². The smallest absolute Gasteiger partial charge is 0.407 e. The largest absolute Gasteiger partial charge is 0.494 e. The van der Waals surface area contributed by atoms with Crippen LogP contribution in [-0.2, 0) is 10.0 Å². The van der Waals surface area contributed by atoms with Gasteiger partial charge in [-0.3, -0.25) is 9.29 Å². The molecule has 2 aromatic carbocycles. The first kappa shape index (κ1) is 23.4. The average molecular weight is 488 g/mol. The fourth-order valence-corrected chi connectivity index (χ4v) is 5.37. The standard InChI is InChI=1S/C22H25N5O6S/c1-32-17-11-6-12-18(33-2)19(17)27-20(15-8-4-3-5-9-15)23-24-21(27)25-34(30,31)16-10-7-13-26(14-16)22(28)29/h3-6,8-9,11-12,16H,7,10,13-14H2,1-2H3,(H,24,25)(H,28,29). The van der Waals surface area contributed by atoms with Crippen molar-refractivity contribution in [2.24, 2.45) is 0 Å².